The van der Waals surface area contributed by atoms with E-state index >= 15 is 0 Å². The van der Waals surface area contributed by atoms with E-state index < -0.39 is 0 Å². The molecule has 4 heterocycles. The molecule has 178 valence electrons. The molecule has 1 aliphatic heterocycles. The Hall–Kier alpha value is -3.82. The van der Waals surface area contributed by atoms with Gasteiger partial charge in [0.25, 0.3) is 5.56 Å². The van der Waals surface area contributed by atoms with Crippen LogP contribution in [0.5, 0.6) is 0 Å². The molecular formula is C26H27N7O2. The van der Waals surface area contributed by atoms with Gasteiger partial charge in [-0.05, 0) is 41.9 Å². The molecule has 6 rings (SSSR count). The maximum Gasteiger partial charge on any atom is 0.264 e. The largest absolute Gasteiger partial charge is 0.390 e. The van der Waals surface area contributed by atoms with Crippen LogP contribution in [-0.2, 0) is 13.0 Å². The summed E-state index contributed by atoms with van der Waals surface area (Å²) in [6.45, 7) is 5.40. The summed E-state index contributed by atoms with van der Waals surface area (Å²) in [5.74, 6) is 0.527. The smallest absolute Gasteiger partial charge is 0.264 e. The molecule has 2 aliphatic rings. The van der Waals surface area contributed by atoms with E-state index in [1.807, 2.05) is 0 Å². The first-order valence-electron chi connectivity index (χ1n) is 11.8. The van der Waals surface area contributed by atoms with Crippen molar-refractivity contribution in [3.63, 3.8) is 0 Å². The van der Waals surface area contributed by atoms with E-state index in [1.165, 1.54) is 11.1 Å². The number of H-pyrrole nitrogens is 2. The molecule has 0 bridgehead atoms. The topological polar surface area (TPSA) is 137 Å². The Morgan fingerprint density at radius 1 is 1.23 bits per heavy atom. The van der Waals surface area contributed by atoms with Crippen LogP contribution in [0.2, 0.25) is 0 Å². The lowest BCUT2D eigenvalue weighted by Gasteiger charge is -2.42. The predicted molar refractivity (Wildman–Crippen MR) is 134 cm³/mol. The normalized spacial score (nSPS) is 18.8. The summed E-state index contributed by atoms with van der Waals surface area (Å²) in [5, 5.41) is 17.2. The molecular weight excluding hydrogens is 442 g/mol. The zero-order valence-corrected chi connectivity index (χ0v) is 19.3. The average molecular weight is 470 g/mol. The van der Waals surface area contributed by atoms with E-state index in [9.17, 15) is 9.90 Å². The summed E-state index contributed by atoms with van der Waals surface area (Å²) in [6, 6.07) is 12.1. The number of aliphatic hydroxyl groups is 1. The Kier molecular flexibility index (Phi) is 5.05. The molecule has 35 heavy (non-hydrogen) atoms. The van der Waals surface area contributed by atoms with Gasteiger partial charge in [-0.2, -0.15) is 10.1 Å². The Morgan fingerprint density at radius 3 is 2.80 bits per heavy atom. The SMILES string of the molecule is C=C(c1cccnc1CO)c1n[nH]c2nc(N3CCC4(CC3)Cc3ccccc3[C@H]4N)[nH]c(=O)c12. The third kappa shape index (κ3) is 3.38. The Morgan fingerprint density at radius 2 is 2.03 bits per heavy atom. The highest BCUT2D eigenvalue weighted by Crippen LogP contribution is 2.50. The summed E-state index contributed by atoms with van der Waals surface area (Å²) < 4.78 is 0. The number of aromatic amines is 2. The molecule has 0 saturated carbocycles. The van der Waals surface area contributed by atoms with Gasteiger partial charge in [-0.25, -0.2) is 0 Å². The number of aromatic nitrogens is 5. The minimum Gasteiger partial charge on any atom is -0.390 e. The third-order valence-corrected chi connectivity index (χ3v) is 7.72. The van der Waals surface area contributed by atoms with Gasteiger partial charge in [0.2, 0.25) is 5.95 Å². The first-order chi connectivity index (χ1) is 17.0. The van der Waals surface area contributed by atoms with Crippen molar-refractivity contribution >= 4 is 22.6 Å². The van der Waals surface area contributed by atoms with Crippen LogP contribution in [0.3, 0.4) is 0 Å². The monoisotopic (exact) mass is 469 g/mol. The van der Waals surface area contributed by atoms with Crippen molar-refractivity contribution in [3.05, 3.63) is 87.6 Å². The third-order valence-electron chi connectivity index (χ3n) is 7.72. The number of nitrogens with zero attached hydrogens (tertiary/aromatic N) is 4. The quantitative estimate of drug-likeness (QED) is 0.360. The second kappa shape index (κ2) is 8.14. The number of fused-ring (bicyclic) bond motifs is 2. The summed E-state index contributed by atoms with van der Waals surface area (Å²) in [4.78, 5) is 27.1. The minimum absolute atomic E-state index is 0.0350. The number of anilines is 1. The Balaban J connectivity index is 1.26. The highest BCUT2D eigenvalue weighted by atomic mass is 16.3. The second-order valence-corrected chi connectivity index (χ2v) is 9.52. The standard InChI is InChI=1S/C26H27N7O2/c1-15(17-7-4-10-28-19(17)14-34)21-20-23(32-31-21)29-25(30-24(20)35)33-11-8-26(9-12-33)13-16-5-2-3-6-18(16)22(26)27/h2-7,10,22,34H,1,8-9,11-14,27H2,(H2,29,30,31,32,35)/t22-/m1/s1. The fraction of sp³-hybridized carbons (Fsp3) is 0.308. The number of aliphatic hydroxyl groups excluding tert-OH is 1. The van der Waals surface area contributed by atoms with E-state index in [0.29, 0.717) is 39.5 Å². The first-order valence-corrected chi connectivity index (χ1v) is 11.8. The van der Waals surface area contributed by atoms with Crippen LogP contribution in [0.15, 0.2) is 54.0 Å². The van der Waals surface area contributed by atoms with Crippen molar-refractivity contribution in [2.45, 2.75) is 31.9 Å². The molecule has 1 fully saturated rings. The van der Waals surface area contributed by atoms with Crippen molar-refractivity contribution in [3.8, 4) is 0 Å². The molecule has 3 aromatic heterocycles. The van der Waals surface area contributed by atoms with Gasteiger partial charge in [-0.3, -0.25) is 19.9 Å². The molecule has 0 unspecified atom stereocenters. The molecule has 0 amide bonds. The second-order valence-electron chi connectivity index (χ2n) is 9.52. The van der Waals surface area contributed by atoms with Gasteiger partial charge in [-0.15, -0.1) is 0 Å². The number of benzene rings is 1. The van der Waals surface area contributed by atoms with Crippen LogP contribution in [0.1, 0.15) is 47.0 Å². The van der Waals surface area contributed by atoms with Gasteiger partial charge in [0.1, 0.15) is 11.1 Å². The molecule has 9 heteroatoms. The number of rotatable bonds is 4. The van der Waals surface area contributed by atoms with E-state index in [1.54, 1.807) is 18.3 Å². The zero-order chi connectivity index (χ0) is 24.2. The highest BCUT2D eigenvalue weighted by molar-refractivity contribution is 5.92. The van der Waals surface area contributed by atoms with E-state index in [-0.39, 0.29) is 23.6 Å². The van der Waals surface area contributed by atoms with Crippen molar-refractivity contribution in [1.82, 2.24) is 25.1 Å². The molecule has 0 radical (unpaired) electrons. The molecule has 5 N–H and O–H groups in total. The lowest BCUT2D eigenvalue weighted by Crippen LogP contribution is -2.45. The van der Waals surface area contributed by atoms with Crippen molar-refractivity contribution in [1.29, 1.82) is 0 Å². The van der Waals surface area contributed by atoms with Gasteiger partial charge in [0.15, 0.2) is 5.65 Å². The fourth-order valence-corrected chi connectivity index (χ4v) is 5.73. The number of nitrogens with one attached hydrogen (secondary N) is 2. The van der Waals surface area contributed by atoms with Crippen molar-refractivity contribution in [2.75, 3.05) is 18.0 Å². The summed E-state index contributed by atoms with van der Waals surface area (Å²) in [5.41, 5.74) is 11.5. The van der Waals surface area contributed by atoms with Crippen LogP contribution < -0.4 is 16.2 Å². The van der Waals surface area contributed by atoms with Gasteiger partial charge < -0.3 is 15.7 Å². The molecule has 1 saturated heterocycles. The fourth-order valence-electron chi connectivity index (χ4n) is 5.73. The van der Waals surface area contributed by atoms with Gasteiger partial charge in [-0.1, -0.05) is 36.9 Å². The minimum atomic E-state index is -0.283. The summed E-state index contributed by atoms with van der Waals surface area (Å²) in [6.07, 6.45) is 4.46. The molecule has 1 spiro atoms. The van der Waals surface area contributed by atoms with Gasteiger partial charge in [0.05, 0.1) is 12.3 Å². The molecule has 1 aromatic carbocycles. The number of piperidine rings is 1. The maximum atomic E-state index is 13.2. The van der Waals surface area contributed by atoms with Gasteiger partial charge in [0, 0.05) is 36.5 Å². The summed E-state index contributed by atoms with van der Waals surface area (Å²) >= 11 is 0. The van der Waals surface area contributed by atoms with E-state index in [4.69, 9.17) is 5.73 Å². The zero-order valence-electron chi connectivity index (χ0n) is 19.3. The molecule has 4 aromatic rings. The number of hydrogen-bond acceptors (Lipinski definition) is 7. The number of nitrogens with two attached hydrogens (primary N) is 1. The Bertz CT molecular complexity index is 1500. The number of pyridine rings is 1. The van der Waals surface area contributed by atoms with E-state index in [2.05, 4.69) is 60.9 Å². The molecule has 1 aliphatic carbocycles. The lowest BCUT2D eigenvalue weighted by atomic mass is 9.73. The van der Waals surface area contributed by atoms with Crippen LogP contribution in [-0.4, -0.2) is 43.3 Å². The lowest BCUT2D eigenvalue weighted by molar-refractivity contribution is 0.187. The van der Waals surface area contributed by atoms with Crippen LogP contribution in [0, 0.1) is 5.41 Å². The van der Waals surface area contributed by atoms with Crippen LogP contribution >= 0.6 is 0 Å². The Labute approximate surface area is 201 Å². The molecule has 9 nitrogen and oxygen atoms in total. The number of hydrogen-bond donors (Lipinski definition) is 4. The van der Waals surface area contributed by atoms with Crippen molar-refractivity contribution in [2.24, 2.45) is 11.1 Å². The van der Waals surface area contributed by atoms with Crippen LogP contribution in [0.25, 0.3) is 16.6 Å². The van der Waals surface area contributed by atoms with Gasteiger partial charge >= 0.3 is 0 Å². The highest BCUT2D eigenvalue weighted by Gasteiger charge is 2.46. The molecule has 1 atom stereocenters. The summed E-state index contributed by atoms with van der Waals surface area (Å²) in [7, 11) is 0. The van der Waals surface area contributed by atoms with Crippen molar-refractivity contribution < 1.29 is 5.11 Å². The first kappa shape index (κ1) is 21.7. The average Bonchev–Trinajstić information content (AvgIpc) is 3.44. The van der Waals surface area contributed by atoms with Crippen LogP contribution in [0.4, 0.5) is 5.95 Å². The maximum absolute atomic E-state index is 13.2. The van der Waals surface area contributed by atoms with E-state index in [0.717, 1.165) is 32.4 Å². The predicted octanol–water partition coefficient (Wildman–Crippen LogP) is 2.44.